The number of aliphatic hydroxyl groups excluding tert-OH is 2. The van der Waals surface area contributed by atoms with E-state index in [-0.39, 0.29) is 28.9 Å². The first-order chi connectivity index (χ1) is 19.0. The van der Waals surface area contributed by atoms with Crippen molar-refractivity contribution in [2.24, 2.45) is 46.3 Å². The number of fused-ring (bicyclic) bond motifs is 6. The van der Waals surface area contributed by atoms with E-state index in [1.807, 2.05) is 12.1 Å². The molecular weight excluding hydrogens is 496 g/mol. The van der Waals surface area contributed by atoms with Gasteiger partial charge in [0.25, 0.3) is 0 Å². The number of benzene rings is 1. The molecule has 0 unspecified atom stereocenters. The Kier molecular flexibility index (Phi) is 7.39. The number of aliphatic hydroxyl groups is 2. The molecule has 4 aliphatic rings. The third kappa shape index (κ3) is 4.45. The zero-order valence-electron chi connectivity index (χ0n) is 25.4. The van der Waals surface area contributed by atoms with Gasteiger partial charge < -0.3 is 20.1 Å². The standard InChI is InChI=1S/C35H52N2O3/c1-21(2)37-18-16-26-30(7-6-8-31(26)37)36-33(40)14-9-22(3)27-12-13-28-25-11-10-23-19-24(38)15-17-34(23,4)29(25)20-32(39)35(27,28)5/h6-8,16,18,21-25,27-29,32,38-39H,9-15,17,19-20H2,1-5H3,(H,36,40)/t22-,23+,24-,25+,27+,28-,29-,32+,34+,35-/m1/s1. The summed E-state index contributed by atoms with van der Waals surface area (Å²) < 4.78 is 2.24. The van der Waals surface area contributed by atoms with Crippen molar-refractivity contribution >= 4 is 22.5 Å². The van der Waals surface area contributed by atoms with Crippen LogP contribution in [0.2, 0.25) is 0 Å². The molecule has 0 bridgehead atoms. The fraction of sp³-hybridized carbons (Fsp3) is 0.743. The normalized spacial score (nSPS) is 40.0. The number of hydrogen-bond acceptors (Lipinski definition) is 3. The molecule has 4 saturated carbocycles. The second-order valence-corrected chi connectivity index (χ2v) is 15.0. The van der Waals surface area contributed by atoms with Crippen molar-refractivity contribution in [3.8, 4) is 0 Å². The highest BCUT2D eigenvalue weighted by Crippen LogP contribution is 2.68. The number of carbonyl (C=O) groups is 1. The highest BCUT2D eigenvalue weighted by Gasteiger charge is 2.63. The summed E-state index contributed by atoms with van der Waals surface area (Å²) in [5, 5.41) is 26.5. The molecule has 40 heavy (non-hydrogen) atoms. The molecule has 1 aromatic heterocycles. The lowest BCUT2D eigenvalue weighted by molar-refractivity contribution is -0.174. The molecule has 1 amide bonds. The van der Waals surface area contributed by atoms with Crippen LogP contribution in [0.1, 0.15) is 105 Å². The lowest BCUT2D eigenvalue weighted by atomic mass is 9.43. The van der Waals surface area contributed by atoms with E-state index < -0.39 is 0 Å². The zero-order chi connectivity index (χ0) is 28.4. The molecule has 0 spiro atoms. The van der Waals surface area contributed by atoms with Crippen LogP contribution < -0.4 is 5.32 Å². The maximum atomic E-state index is 13.1. The number of amides is 1. The van der Waals surface area contributed by atoms with E-state index in [2.05, 4.69) is 62.8 Å². The Balaban J connectivity index is 1.12. The molecule has 10 atom stereocenters. The first-order valence-electron chi connectivity index (χ1n) is 16.3. The van der Waals surface area contributed by atoms with Crippen molar-refractivity contribution in [1.82, 2.24) is 4.57 Å². The number of nitrogens with one attached hydrogen (secondary N) is 1. The summed E-state index contributed by atoms with van der Waals surface area (Å²) in [6.07, 6.45) is 11.9. The van der Waals surface area contributed by atoms with Crippen LogP contribution >= 0.6 is 0 Å². The topological polar surface area (TPSA) is 74.5 Å². The summed E-state index contributed by atoms with van der Waals surface area (Å²) in [6, 6.07) is 8.64. The molecule has 0 radical (unpaired) electrons. The van der Waals surface area contributed by atoms with Crippen LogP contribution in [0.15, 0.2) is 30.5 Å². The Labute approximate surface area is 241 Å². The van der Waals surface area contributed by atoms with Crippen LogP contribution in [0, 0.1) is 46.3 Å². The minimum Gasteiger partial charge on any atom is -0.393 e. The second-order valence-electron chi connectivity index (χ2n) is 15.0. The van der Waals surface area contributed by atoms with Gasteiger partial charge in [0.15, 0.2) is 0 Å². The first-order valence-corrected chi connectivity index (χ1v) is 16.3. The maximum absolute atomic E-state index is 13.1. The third-order valence-electron chi connectivity index (χ3n) is 12.9. The maximum Gasteiger partial charge on any atom is 0.224 e. The van der Waals surface area contributed by atoms with Gasteiger partial charge in [0, 0.05) is 24.0 Å². The van der Waals surface area contributed by atoms with Gasteiger partial charge in [-0.15, -0.1) is 0 Å². The van der Waals surface area contributed by atoms with Crippen LogP contribution in [0.4, 0.5) is 5.69 Å². The van der Waals surface area contributed by atoms with Gasteiger partial charge in [0.05, 0.1) is 23.4 Å². The van der Waals surface area contributed by atoms with Gasteiger partial charge in [-0.1, -0.05) is 26.8 Å². The Hall–Kier alpha value is -1.85. The Morgan fingerprint density at radius 2 is 1.82 bits per heavy atom. The summed E-state index contributed by atoms with van der Waals surface area (Å²) in [6.45, 7) is 11.6. The van der Waals surface area contributed by atoms with Crippen LogP contribution in [0.5, 0.6) is 0 Å². The largest absolute Gasteiger partial charge is 0.393 e. The van der Waals surface area contributed by atoms with Gasteiger partial charge in [0.2, 0.25) is 5.91 Å². The van der Waals surface area contributed by atoms with Gasteiger partial charge >= 0.3 is 0 Å². The molecule has 2 aromatic rings. The molecule has 4 fully saturated rings. The zero-order valence-corrected chi connectivity index (χ0v) is 25.4. The van der Waals surface area contributed by atoms with Crippen LogP contribution in [-0.2, 0) is 4.79 Å². The second kappa shape index (κ2) is 10.5. The number of nitrogens with zero attached hydrogens (tertiary/aromatic N) is 1. The molecule has 4 aliphatic carbocycles. The quantitative estimate of drug-likeness (QED) is 0.349. The van der Waals surface area contributed by atoms with E-state index in [4.69, 9.17) is 0 Å². The van der Waals surface area contributed by atoms with E-state index in [0.717, 1.165) is 48.7 Å². The smallest absolute Gasteiger partial charge is 0.224 e. The highest BCUT2D eigenvalue weighted by atomic mass is 16.3. The molecular formula is C35H52N2O3. The fourth-order valence-electron chi connectivity index (χ4n) is 10.7. The van der Waals surface area contributed by atoms with Crippen molar-refractivity contribution in [3.05, 3.63) is 30.5 Å². The summed E-state index contributed by atoms with van der Waals surface area (Å²) in [4.78, 5) is 13.1. The van der Waals surface area contributed by atoms with Crippen molar-refractivity contribution in [3.63, 3.8) is 0 Å². The van der Waals surface area contributed by atoms with Crippen molar-refractivity contribution in [1.29, 1.82) is 0 Å². The van der Waals surface area contributed by atoms with Crippen molar-refractivity contribution < 1.29 is 15.0 Å². The van der Waals surface area contributed by atoms with E-state index in [1.165, 1.54) is 25.7 Å². The Bertz CT molecular complexity index is 1240. The van der Waals surface area contributed by atoms with E-state index in [1.54, 1.807) is 0 Å². The molecule has 220 valence electrons. The lowest BCUT2D eigenvalue weighted by Crippen LogP contribution is -2.58. The Morgan fingerprint density at radius 1 is 1.02 bits per heavy atom. The van der Waals surface area contributed by atoms with Crippen LogP contribution in [0.25, 0.3) is 10.9 Å². The SMILES string of the molecule is CC(C)n1ccc2c(NC(=O)CC[C@@H](C)[C@@H]3CC[C@@H]4[C@@H]5CC[C@H]6C[C@H](O)CC[C@]6(C)[C@@H]5C[C@H](O)[C@@]43C)cccc21. The van der Waals surface area contributed by atoms with Crippen molar-refractivity contribution in [2.45, 2.75) is 117 Å². The Morgan fingerprint density at radius 3 is 2.60 bits per heavy atom. The highest BCUT2D eigenvalue weighted by molar-refractivity contribution is 6.01. The van der Waals surface area contributed by atoms with E-state index >= 15 is 0 Å². The molecule has 5 nitrogen and oxygen atoms in total. The molecule has 1 aromatic carbocycles. The van der Waals surface area contributed by atoms with E-state index in [9.17, 15) is 15.0 Å². The van der Waals surface area contributed by atoms with Gasteiger partial charge in [0.1, 0.15) is 0 Å². The minimum atomic E-state index is -0.271. The summed E-state index contributed by atoms with van der Waals surface area (Å²) in [7, 11) is 0. The van der Waals surface area contributed by atoms with E-state index in [0.29, 0.717) is 48.0 Å². The molecule has 0 aliphatic heterocycles. The average Bonchev–Trinajstić information content (AvgIpc) is 3.51. The summed E-state index contributed by atoms with van der Waals surface area (Å²) in [5.41, 5.74) is 2.27. The predicted molar refractivity (Wildman–Crippen MR) is 162 cm³/mol. The molecule has 1 heterocycles. The number of anilines is 1. The van der Waals surface area contributed by atoms with Gasteiger partial charge in [-0.05, 0) is 136 Å². The van der Waals surface area contributed by atoms with Gasteiger partial charge in [-0.25, -0.2) is 0 Å². The van der Waals surface area contributed by atoms with Crippen LogP contribution in [0.3, 0.4) is 0 Å². The van der Waals surface area contributed by atoms with Crippen molar-refractivity contribution in [2.75, 3.05) is 5.32 Å². The molecule has 5 heteroatoms. The van der Waals surface area contributed by atoms with Gasteiger partial charge in [-0.3, -0.25) is 4.79 Å². The average molecular weight is 549 g/mol. The van der Waals surface area contributed by atoms with Crippen LogP contribution in [-0.4, -0.2) is 32.9 Å². The minimum absolute atomic E-state index is 0.0558. The first kappa shape index (κ1) is 28.3. The number of carbonyl (C=O) groups excluding carboxylic acids is 1. The monoisotopic (exact) mass is 548 g/mol. The van der Waals surface area contributed by atoms with Gasteiger partial charge in [-0.2, -0.15) is 0 Å². The molecule has 0 saturated heterocycles. The summed E-state index contributed by atoms with van der Waals surface area (Å²) >= 11 is 0. The predicted octanol–water partition coefficient (Wildman–Crippen LogP) is 7.57. The lowest BCUT2D eigenvalue weighted by Gasteiger charge is -2.62. The summed E-state index contributed by atoms with van der Waals surface area (Å²) in [5.74, 6) is 3.42. The third-order valence-corrected chi connectivity index (χ3v) is 12.9. The number of rotatable bonds is 6. The molecule has 6 rings (SSSR count). The number of hydrogen-bond donors (Lipinski definition) is 3. The number of aromatic nitrogens is 1. The molecule has 3 N–H and O–H groups in total. The fourth-order valence-corrected chi connectivity index (χ4v) is 10.7.